The Bertz CT molecular complexity index is 989. The number of carboxylic acid groups (broad SMARTS) is 1. The molecule has 0 aliphatic carbocycles. The molecule has 0 atom stereocenters. The van der Waals surface area contributed by atoms with Crippen molar-refractivity contribution in [3.63, 3.8) is 0 Å². The van der Waals surface area contributed by atoms with Crippen LogP contribution in [0.4, 0.5) is 17.6 Å². The van der Waals surface area contributed by atoms with Crippen molar-refractivity contribution in [2.24, 2.45) is 0 Å². The number of esters is 2. The number of aryl methyl sites for hydroxylation is 1. The second kappa shape index (κ2) is 24.0. The largest absolute Gasteiger partial charge is 0.491 e. The smallest absolute Gasteiger partial charge is 0.437 e. The Balaban J connectivity index is 0.00000109. The molecule has 1 rings (SSSR count). The summed E-state index contributed by atoms with van der Waals surface area (Å²) in [6.07, 6.45) is 10.1. The minimum atomic E-state index is -4.54. The molecule has 0 saturated carbocycles. The van der Waals surface area contributed by atoms with Gasteiger partial charge in [-0.2, -0.15) is 17.6 Å². The molecule has 0 spiro atoms. The van der Waals surface area contributed by atoms with Crippen LogP contribution in [0.3, 0.4) is 0 Å². The van der Waals surface area contributed by atoms with Gasteiger partial charge in [-0.3, -0.25) is 4.79 Å². The number of ether oxygens (including phenoxy) is 5. The summed E-state index contributed by atoms with van der Waals surface area (Å²) in [7, 11) is 0. The van der Waals surface area contributed by atoms with Gasteiger partial charge in [0.2, 0.25) is 5.78 Å². The Morgan fingerprint density at radius 2 is 1.18 bits per heavy atom. The number of aliphatic carboxylic acids is 1. The zero-order valence-corrected chi connectivity index (χ0v) is 25.7. The SMILES string of the molecule is CCCCCCCCCc1ccc(OCCOCCOC(=O)C(F)(F)C(C)=O)cc1.O=C(O)C(F)(F)C(=O)OCCOCCO. The highest BCUT2D eigenvalue weighted by Crippen LogP contribution is 2.17. The van der Waals surface area contributed by atoms with Gasteiger partial charge >= 0.3 is 29.8 Å². The highest BCUT2D eigenvalue weighted by Gasteiger charge is 2.49. The predicted octanol–water partition coefficient (Wildman–Crippen LogP) is 4.40. The first-order valence-corrected chi connectivity index (χ1v) is 14.6. The highest BCUT2D eigenvalue weighted by molar-refractivity contribution is 6.04. The number of halogens is 4. The Kier molecular flexibility index (Phi) is 22.2. The average Bonchev–Trinajstić information content (AvgIpc) is 3.00. The van der Waals surface area contributed by atoms with E-state index in [-0.39, 0.29) is 46.2 Å². The number of hydrogen-bond acceptors (Lipinski definition) is 10. The molecule has 0 unspecified atom stereocenters. The quantitative estimate of drug-likeness (QED) is 0.0704. The van der Waals surface area contributed by atoms with Crippen LogP contribution in [-0.2, 0) is 44.5 Å². The lowest BCUT2D eigenvalue weighted by molar-refractivity contribution is -0.187. The molecule has 0 saturated heterocycles. The van der Waals surface area contributed by atoms with Crippen LogP contribution in [0.1, 0.15) is 64.4 Å². The summed E-state index contributed by atoms with van der Waals surface area (Å²) in [5.41, 5.74) is 1.29. The van der Waals surface area contributed by atoms with Crippen LogP contribution < -0.4 is 4.74 Å². The van der Waals surface area contributed by atoms with E-state index in [2.05, 4.69) is 33.3 Å². The summed E-state index contributed by atoms with van der Waals surface area (Å²) in [5.74, 6) is -16.0. The third-order valence-corrected chi connectivity index (χ3v) is 5.87. The molecule has 0 fully saturated rings. The van der Waals surface area contributed by atoms with E-state index in [9.17, 15) is 36.7 Å². The van der Waals surface area contributed by atoms with Gasteiger partial charge in [0, 0.05) is 6.92 Å². The van der Waals surface area contributed by atoms with Crippen molar-refractivity contribution in [3.8, 4) is 5.75 Å². The molecule has 0 amide bonds. The molecule has 45 heavy (non-hydrogen) atoms. The van der Waals surface area contributed by atoms with Crippen molar-refractivity contribution in [1.29, 1.82) is 0 Å². The van der Waals surface area contributed by atoms with Gasteiger partial charge in [0.05, 0.1) is 33.0 Å². The maximum atomic E-state index is 13.0. The van der Waals surface area contributed by atoms with Crippen molar-refractivity contribution in [1.82, 2.24) is 0 Å². The Labute approximate surface area is 260 Å². The lowest BCUT2D eigenvalue weighted by Crippen LogP contribution is -2.39. The summed E-state index contributed by atoms with van der Waals surface area (Å²) in [6, 6.07) is 7.95. The normalized spacial score (nSPS) is 11.3. The Morgan fingerprint density at radius 1 is 0.689 bits per heavy atom. The molecule has 258 valence electrons. The zero-order chi connectivity index (χ0) is 34.1. The minimum Gasteiger partial charge on any atom is -0.491 e. The van der Waals surface area contributed by atoms with E-state index in [1.807, 2.05) is 12.1 Å². The van der Waals surface area contributed by atoms with Crippen LogP contribution in [0.15, 0.2) is 24.3 Å². The van der Waals surface area contributed by atoms with Crippen LogP contribution >= 0.6 is 0 Å². The number of carbonyl (C=O) groups is 4. The van der Waals surface area contributed by atoms with Crippen LogP contribution in [0, 0.1) is 0 Å². The van der Waals surface area contributed by atoms with Crippen molar-refractivity contribution in [3.05, 3.63) is 29.8 Å². The molecular formula is C30H44F4O11. The second-order valence-corrected chi connectivity index (χ2v) is 9.59. The molecule has 2 N–H and O–H groups in total. The van der Waals surface area contributed by atoms with Gasteiger partial charge in [0.15, 0.2) is 0 Å². The minimum absolute atomic E-state index is 0.0210. The van der Waals surface area contributed by atoms with E-state index in [1.165, 1.54) is 50.5 Å². The van der Waals surface area contributed by atoms with Gasteiger partial charge in [-0.25, -0.2) is 14.4 Å². The maximum absolute atomic E-state index is 13.0. The fourth-order valence-corrected chi connectivity index (χ4v) is 3.32. The van der Waals surface area contributed by atoms with Crippen LogP contribution in [-0.4, -0.2) is 98.6 Å². The monoisotopic (exact) mass is 656 g/mol. The third-order valence-electron chi connectivity index (χ3n) is 5.87. The summed E-state index contributed by atoms with van der Waals surface area (Å²) in [6.45, 7) is 2.00. The first-order valence-electron chi connectivity index (χ1n) is 14.6. The summed E-state index contributed by atoms with van der Waals surface area (Å²) >= 11 is 0. The van der Waals surface area contributed by atoms with E-state index >= 15 is 0 Å². The lowest BCUT2D eigenvalue weighted by Gasteiger charge is -2.12. The number of alkyl halides is 4. The molecule has 0 aliphatic heterocycles. The van der Waals surface area contributed by atoms with Crippen LogP contribution in [0.25, 0.3) is 0 Å². The van der Waals surface area contributed by atoms with Crippen molar-refractivity contribution < 1.29 is 70.6 Å². The third kappa shape index (κ3) is 19.0. The van der Waals surface area contributed by atoms with E-state index in [0.717, 1.165) is 12.2 Å². The van der Waals surface area contributed by atoms with Gasteiger partial charge in [0.25, 0.3) is 0 Å². The molecule has 15 heteroatoms. The molecule has 0 aliphatic rings. The number of aliphatic hydroxyl groups excluding tert-OH is 1. The van der Waals surface area contributed by atoms with E-state index in [1.54, 1.807) is 0 Å². The van der Waals surface area contributed by atoms with E-state index < -0.39 is 42.1 Å². The molecule has 0 radical (unpaired) electrons. The molecule has 0 aromatic heterocycles. The topological polar surface area (TPSA) is 155 Å². The molecule has 0 heterocycles. The fourth-order valence-electron chi connectivity index (χ4n) is 3.32. The molecule has 1 aromatic rings. The number of rotatable bonds is 24. The number of ketones is 1. The van der Waals surface area contributed by atoms with Gasteiger partial charge in [-0.1, -0.05) is 57.6 Å². The van der Waals surface area contributed by atoms with E-state index in [4.69, 9.17) is 19.7 Å². The zero-order valence-electron chi connectivity index (χ0n) is 25.7. The van der Waals surface area contributed by atoms with Crippen molar-refractivity contribution in [2.75, 3.05) is 52.9 Å². The number of benzene rings is 1. The number of carboxylic acids is 1. The van der Waals surface area contributed by atoms with Crippen molar-refractivity contribution in [2.45, 2.75) is 77.1 Å². The van der Waals surface area contributed by atoms with Crippen LogP contribution in [0.5, 0.6) is 5.75 Å². The highest BCUT2D eigenvalue weighted by atomic mass is 19.3. The van der Waals surface area contributed by atoms with Gasteiger partial charge in [-0.15, -0.1) is 0 Å². The van der Waals surface area contributed by atoms with Gasteiger partial charge in [-0.05, 0) is 30.5 Å². The Hall–Kier alpha value is -3.30. The van der Waals surface area contributed by atoms with Gasteiger partial charge < -0.3 is 33.9 Å². The first-order chi connectivity index (χ1) is 21.3. The number of hydrogen-bond donors (Lipinski definition) is 2. The summed E-state index contributed by atoms with van der Waals surface area (Å²) in [5, 5.41) is 16.2. The molecule has 1 aromatic carbocycles. The molecule has 0 bridgehead atoms. The first kappa shape index (κ1) is 41.7. The van der Waals surface area contributed by atoms with E-state index in [0.29, 0.717) is 6.92 Å². The van der Waals surface area contributed by atoms with Gasteiger partial charge in [0.1, 0.15) is 25.6 Å². The molecular weight excluding hydrogens is 612 g/mol. The fraction of sp³-hybridized carbons (Fsp3) is 0.667. The summed E-state index contributed by atoms with van der Waals surface area (Å²) < 4.78 is 74.4. The summed E-state index contributed by atoms with van der Waals surface area (Å²) in [4.78, 5) is 42.1. The number of aliphatic hydroxyl groups is 1. The lowest BCUT2D eigenvalue weighted by atomic mass is 10.0. The number of carbonyl (C=O) groups excluding carboxylic acids is 3. The number of unbranched alkanes of at least 4 members (excludes halogenated alkanes) is 6. The standard InChI is InChI=1S/C23H34F2O5.C7H10F2O6/c1-3-4-5-6-7-8-9-10-20-11-13-21(14-12-20)29-17-15-28-16-18-30-22(27)23(24,25)19(2)26;8-7(9,5(11)12)6(13)15-4-3-14-2-1-10/h11-14H,3-10,15-18H2,1-2H3;10H,1-4H2,(H,11,12). The average molecular weight is 657 g/mol. The number of Topliss-reactive ketones (excluding diaryl/α,β-unsaturated/α-hetero) is 1. The molecule has 11 nitrogen and oxygen atoms in total. The van der Waals surface area contributed by atoms with Crippen molar-refractivity contribution >= 4 is 23.7 Å². The second-order valence-electron chi connectivity index (χ2n) is 9.59. The van der Waals surface area contributed by atoms with Crippen LogP contribution in [0.2, 0.25) is 0 Å². The Morgan fingerprint density at radius 3 is 1.69 bits per heavy atom. The maximum Gasteiger partial charge on any atom is 0.437 e. The predicted molar refractivity (Wildman–Crippen MR) is 152 cm³/mol.